The van der Waals surface area contributed by atoms with Crippen LogP contribution in [0.4, 0.5) is 4.79 Å². The number of nitrogens with zero attached hydrogens (tertiary/aromatic N) is 1. The van der Waals surface area contributed by atoms with E-state index in [4.69, 9.17) is 9.47 Å². The van der Waals surface area contributed by atoms with E-state index < -0.39 is 24.0 Å². The number of imide groups is 1. The van der Waals surface area contributed by atoms with Gasteiger partial charge in [0.05, 0.1) is 7.11 Å². The zero-order chi connectivity index (χ0) is 21.2. The zero-order valence-electron chi connectivity index (χ0n) is 16.6. The predicted molar refractivity (Wildman–Crippen MR) is 106 cm³/mol. The highest BCUT2D eigenvalue weighted by atomic mass is 16.5. The van der Waals surface area contributed by atoms with E-state index in [1.165, 1.54) is 20.1 Å². The van der Waals surface area contributed by atoms with Gasteiger partial charge in [-0.15, -0.1) is 0 Å². The van der Waals surface area contributed by atoms with Gasteiger partial charge < -0.3 is 14.8 Å². The summed E-state index contributed by atoms with van der Waals surface area (Å²) in [5.41, 5.74) is 0.298. The van der Waals surface area contributed by atoms with Gasteiger partial charge in [-0.2, -0.15) is 5.26 Å². The van der Waals surface area contributed by atoms with Crippen molar-refractivity contribution >= 4 is 24.0 Å². The first-order valence-corrected chi connectivity index (χ1v) is 9.51. The van der Waals surface area contributed by atoms with Crippen LogP contribution in [0.3, 0.4) is 0 Å². The average Bonchev–Trinajstić information content (AvgIpc) is 2.72. The number of carbonyl (C=O) groups is 3. The van der Waals surface area contributed by atoms with Crippen molar-refractivity contribution < 1.29 is 23.9 Å². The standard InChI is InChI=1S/C21H25N3O5/c1-14(19(25)24-21(27)23-17-8-4-3-5-9-17)29-20(26)16(13-22)11-15-7-6-10-18(12-15)28-2/h6-7,10-12,14,17H,3-5,8-9H2,1-2H3,(H2,23,24,25,27)/b16-11+/t14-/m0/s1. The first-order chi connectivity index (χ1) is 13.9. The minimum atomic E-state index is -1.23. The Morgan fingerprint density at radius 3 is 2.62 bits per heavy atom. The smallest absolute Gasteiger partial charge is 0.349 e. The molecule has 8 nitrogen and oxygen atoms in total. The summed E-state index contributed by atoms with van der Waals surface area (Å²) < 4.78 is 10.1. The number of urea groups is 1. The molecule has 154 valence electrons. The van der Waals surface area contributed by atoms with E-state index in [9.17, 15) is 19.6 Å². The van der Waals surface area contributed by atoms with Gasteiger partial charge in [-0.3, -0.25) is 10.1 Å². The van der Waals surface area contributed by atoms with Gasteiger partial charge in [-0.1, -0.05) is 31.4 Å². The van der Waals surface area contributed by atoms with Gasteiger partial charge in [0.2, 0.25) is 0 Å². The van der Waals surface area contributed by atoms with E-state index in [1.54, 1.807) is 30.3 Å². The van der Waals surface area contributed by atoms with Crippen LogP contribution >= 0.6 is 0 Å². The third-order valence-electron chi connectivity index (χ3n) is 4.58. The maximum atomic E-state index is 12.2. The van der Waals surface area contributed by atoms with Crippen molar-refractivity contribution in [3.8, 4) is 11.8 Å². The Labute approximate surface area is 169 Å². The Hall–Kier alpha value is -3.34. The van der Waals surface area contributed by atoms with Gasteiger partial charge in [0.1, 0.15) is 17.4 Å². The van der Waals surface area contributed by atoms with Crippen molar-refractivity contribution in [2.45, 2.75) is 51.2 Å². The summed E-state index contributed by atoms with van der Waals surface area (Å²) in [6.45, 7) is 1.33. The molecular weight excluding hydrogens is 374 g/mol. The van der Waals surface area contributed by atoms with E-state index in [2.05, 4.69) is 10.6 Å². The molecular formula is C21H25N3O5. The number of amides is 3. The molecule has 0 radical (unpaired) electrons. The summed E-state index contributed by atoms with van der Waals surface area (Å²) in [6.07, 6.45) is 5.11. The second-order valence-electron chi connectivity index (χ2n) is 6.79. The molecule has 1 saturated carbocycles. The SMILES string of the molecule is COc1cccc(/C=C(\C#N)C(=O)O[C@@H](C)C(=O)NC(=O)NC2CCCCC2)c1. The summed E-state index contributed by atoms with van der Waals surface area (Å²) >= 11 is 0. The summed E-state index contributed by atoms with van der Waals surface area (Å²) in [4.78, 5) is 36.3. The quantitative estimate of drug-likeness (QED) is 0.431. The lowest BCUT2D eigenvalue weighted by molar-refractivity contribution is -0.150. The van der Waals surface area contributed by atoms with Crippen LogP contribution in [0.15, 0.2) is 29.8 Å². The number of carbonyl (C=O) groups excluding carboxylic acids is 3. The fourth-order valence-electron chi connectivity index (χ4n) is 2.99. The lowest BCUT2D eigenvalue weighted by Gasteiger charge is -2.23. The van der Waals surface area contributed by atoms with Crippen LogP contribution in [-0.4, -0.2) is 37.2 Å². The Morgan fingerprint density at radius 2 is 1.97 bits per heavy atom. The number of methoxy groups -OCH3 is 1. The molecule has 1 aliphatic carbocycles. The fraction of sp³-hybridized carbons (Fsp3) is 0.429. The minimum absolute atomic E-state index is 0.0467. The molecule has 29 heavy (non-hydrogen) atoms. The number of rotatable bonds is 6. The van der Waals surface area contributed by atoms with Gasteiger partial charge in [0, 0.05) is 6.04 Å². The van der Waals surface area contributed by atoms with Crippen molar-refractivity contribution in [3.63, 3.8) is 0 Å². The van der Waals surface area contributed by atoms with Gasteiger partial charge in [-0.25, -0.2) is 9.59 Å². The van der Waals surface area contributed by atoms with Crippen molar-refractivity contribution in [2.24, 2.45) is 0 Å². The highest BCUT2D eigenvalue weighted by Gasteiger charge is 2.23. The van der Waals surface area contributed by atoms with Crippen molar-refractivity contribution in [1.82, 2.24) is 10.6 Å². The largest absolute Gasteiger partial charge is 0.497 e. The molecule has 2 N–H and O–H groups in total. The van der Waals surface area contributed by atoms with Gasteiger partial charge in [0.25, 0.3) is 5.91 Å². The summed E-state index contributed by atoms with van der Waals surface area (Å²) in [6, 6.07) is 7.98. The van der Waals surface area contributed by atoms with Crippen molar-refractivity contribution in [3.05, 3.63) is 35.4 Å². The highest BCUT2D eigenvalue weighted by molar-refractivity contribution is 6.01. The molecule has 8 heteroatoms. The number of nitrogens with one attached hydrogen (secondary N) is 2. The molecule has 0 bridgehead atoms. The van der Waals surface area contributed by atoms with E-state index in [-0.39, 0.29) is 11.6 Å². The van der Waals surface area contributed by atoms with Crippen molar-refractivity contribution in [2.75, 3.05) is 7.11 Å². The number of nitriles is 1. The van der Waals surface area contributed by atoms with Gasteiger partial charge in [-0.05, 0) is 43.5 Å². The molecule has 0 heterocycles. The second kappa shape index (κ2) is 10.9. The zero-order valence-corrected chi connectivity index (χ0v) is 16.6. The van der Waals surface area contributed by atoms with Crippen LogP contribution < -0.4 is 15.4 Å². The third kappa shape index (κ3) is 6.96. The lowest BCUT2D eigenvalue weighted by atomic mass is 9.96. The first kappa shape index (κ1) is 22.0. The molecule has 0 unspecified atom stereocenters. The van der Waals surface area contributed by atoms with Crippen molar-refractivity contribution in [1.29, 1.82) is 5.26 Å². The Balaban J connectivity index is 1.91. The second-order valence-corrected chi connectivity index (χ2v) is 6.79. The summed E-state index contributed by atoms with van der Waals surface area (Å²) in [7, 11) is 1.51. The number of hydrogen-bond acceptors (Lipinski definition) is 6. The van der Waals surface area contributed by atoms with E-state index >= 15 is 0 Å². The highest BCUT2D eigenvalue weighted by Crippen LogP contribution is 2.17. The summed E-state index contributed by atoms with van der Waals surface area (Å²) in [5, 5.41) is 14.2. The maximum absolute atomic E-state index is 12.2. The molecule has 1 aliphatic rings. The van der Waals surface area contributed by atoms with Crippen LogP contribution in [0.2, 0.25) is 0 Å². The molecule has 1 atom stereocenters. The number of esters is 1. The summed E-state index contributed by atoms with van der Waals surface area (Å²) in [5.74, 6) is -1.14. The van der Waals surface area contributed by atoms with Crippen LogP contribution in [0, 0.1) is 11.3 Å². The molecule has 3 amide bonds. The molecule has 0 aromatic heterocycles. The van der Waals surface area contributed by atoms with Crippen LogP contribution in [0.5, 0.6) is 5.75 Å². The molecule has 0 spiro atoms. The molecule has 0 aliphatic heterocycles. The molecule has 1 aromatic carbocycles. The average molecular weight is 399 g/mol. The van der Waals surface area contributed by atoms with E-state index in [1.807, 2.05) is 0 Å². The van der Waals surface area contributed by atoms with E-state index in [0.29, 0.717) is 11.3 Å². The van der Waals surface area contributed by atoms with Crippen LogP contribution in [0.1, 0.15) is 44.6 Å². The fourth-order valence-corrected chi connectivity index (χ4v) is 2.99. The Bertz CT molecular complexity index is 822. The molecule has 0 saturated heterocycles. The van der Waals surface area contributed by atoms with Crippen LogP contribution in [0.25, 0.3) is 6.08 Å². The first-order valence-electron chi connectivity index (χ1n) is 9.51. The van der Waals surface area contributed by atoms with Gasteiger partial charge in [0.15, 0.2) is 6.10 Å². The minimum Gasteiger partial charge on any atom is -0.497 e. The normalized spacial score (nSPS) is 15.6. The predicted octanol–water partition coefficient (Wildman–Crippen LogP) is 2.69. The molecule has 1 aromatic rings. The number of hydrogen-bond donors (Lipinski definition) is 2. The number of ether oxygens (including phenoxy) is 2. The molecule has 1 fully saturated rings. The number of benzene rings is 1. The Morgan fingerprint density at radius 1 is 1.24 bits per heavy atom. The molecule has 2 rings (SSSR count). The Kier molecular flexibility index (Phi) is 8.22. The monoisotopic (exact) mass is 399 g/mol. The van der Waals surface area contributed by atoms with E-state index in [0.717, 1.165) is 32.1 Å². The third-order valence-corrected chi connectivity index (χ3v) is 4.58. The van der Waals surface area contributed by atoms with Gasteiger partial charge >= 0.3 is 12.0 Å². The maximum Gasteiger partial charge on any atom is 0.349 e. The van der Waals surface area contributed by atoms with Crippen LogP contribution in [-0.2, 0) is 14.3 Å². The lowest BCUT2D eigenvalue weighted by Crippen LogP contribution is -2.48. The topological polar surface area (TPSA) is 118 Å².